The van der Waals surface area contributed by atoms with Crippen molar-refractivity contribution in [2.45, 2.75) is 46.1 Å². The fourth-order valence-electron chi connectivity index (χ4n) is 1.88. The van der Waals surface area contributed by atoms with Crippen molar-refractivity contribution in [3.05, 3.63) is 0 Å². The predicted molar refractivity (Wildman–Crippen MR) is 70.6 cm³/mol. The minimum Gasteiger partial charge on any atom is -0.394 e. The van der Waals surface area contributed by atoms with Gasteiger partial charge in [-0.25, -0.2) is 0 Å². The van der Waals surface area contributed by atoms with Gasteiger partial charge in [0.05, 0.1) is 12.6 Å². The lowest BCUT2D eigenvalue weighted by atomic mass is 9.88. The number of hydrogen-bond donors (Lipinski definition) is 2. The summed E-state index contributed by atoms with van der Waals surface area (Å²) in [6, 6.07) is -0.102. The lowest BCUT2D eigenvalue weighted by Crippen LogP contribution is -2.37. The molecule has 17 heavy (non-hydrogen) atoms. The van der Waals surface area contributed by atoms with E-state index in [4.69, 9.17) is 10.8 Å². The Hall–Kier alpha value is -0.610. The predicted octanol–water partition coefficient (Wildman–Crippen LogP) is 1.23. The number of nitrogens with two attached hydrogens (primary N) is 1. The van der Waals surface area contributed by atoms with Crippen LogP contribution < -0.4 is 5.73 Å². The normalized spacial score (nSPS) is 14.8. The SMILES string of the molecule is CC(C)C(CCN)CCC(=O)N(C)C(C)CO. The first-order chi connectivity index (χ1) is 7.93. The van der Waals surface area contributed by atoms with Gasteiger partial charge in [0.25, 0.3) is 0 Å². The van der Waals surface area contributed by atoms with Crippen LogP contribution in [0.5, 0.6) is 0 Å². The molecule has 0 spiro atoms. The third kappa shape index (κ3) is 6.03. The van der Waals surface area contributed by atoms with Crippen LogP contribution in [0.2, 0.25) is 0 Å². The highest BCUT2D eigenvalue weighted by atomic mass is 16.3. The molecule has 0 bridgehead atoms. The van der Waals surface area contributed by atoms with Crippen LogP contribution in [0.15, 0.2) is 0 Å². The van der Waals surface area contributed by atoms with Crippen molar-refractivity contribution in [2.24, 2.45) is 17.6 Å². The average molecular weight is 244 g/mol. The van der Waals surface area contributed by atoms with Gasteiger partial charge in [-0.05, 0) is 38.1 Å². The number of aliphatic hydroxyl groups is 1. The van der Waals surface area contributed by atoms with Crippen molar-refractivity contribution in [3.63, 3.8) is 0 Å². The van der Waals surface area contributed by atoms with Gasteiger partial charge in [-0.2, -0.15) is 0 Å². The standard InChI is InChI=1S/C13H28N2O2/c1-10(2)12(7-8-14)5-6-13(17)15(4)11(3)9-16/h10-12,16H,5-9,14H2,1-4H3. The van der Waals surface area contributed by atoms with E-state index in [1.165, 1.54) is 0 Å². The molecule has 0 aromatic carbocycles. The number of likely N-dealkylation sites (N-methyl/N-ethyl adjacent to an activating group) is 1. The number of nitrogens with zero attached hydrogens (tertiary/aromatic N) is 1. The Labute approximate surface area is 105 Å². The van der Waals surface area contributed by atoms with E-state index in [1.54, 1.807) is 11.9 Å². The second kappa shape index (κ2) is 8.48. The van der Waals surface area contributed by atoms with Gasteiger partial charge in [0, 0.05) is 13.5 Å². The summed E-state index contributed by atoms with van der Waals surface area (Å²) in [5.74, 6) is 1.18. The molecule has 2 unspecified atom stereocenters. The summed E-state index contributed by atoms with van der Waals surface area (Å²) in [6.45, 7) is 6.88. The monoisotopic (exact) mass is 244 g/mol. The lowest BCUT2D eigenvalue weighted by molar-refractivity contribution is -0.132. The Balaban J connectivity index is 4.11. The van der Waals surface area contributed by atoms with Gasteiger partial charge >= 0.3 is 0 Å². The van der Waals surface area contributed by atoms with Crippen molar-refractivity contribution in [1.29, 1.82) is 0 Å². The molecule has 4 nitrogen and oxygen atoms in total. The first kappa shape index (κ1) is 16.4. The van der Waals surface area contributed by atoms with Gasteiger partial charge in [0.15, 0.2) is 0 Å². The van der Waals surface area contributed by atoms with Crippen molar-refractivity contribution in [1.82, 2.24) is 4.90 Å². The van der Waals surface area contributed by atoms with Crippen LogP contribution in [0.3, 0.4) is 0 Å². The quantitative estimate of drug-likeness (QED) is 0.675. The van der Waals surface area contributed by atoms with Gasteiger partial charge < -0.3 is 15.7 Å². The Morgan fingerprint density at radius 1 is 1.29 bits per heavy atom. The second-order valence-electron chi connectivity index (χ2n) is 5.16. The molecule has 2 atom stereocenters. The molecule has 4 heteroatoms. The van der Waals surface area contributed by atoms with Crippen LogP contribution in [0.4, 0.5) is 0 Å². The molecule has 0 aromatic heterocycles. The summed E-state index contributed by atoms with van der Waals surface area (Å²) in [5, 5.41) is 8.99. The maximum absolute atomic E-state index is 11.9. The third-order valence-electron chi connectivity index (χ3n) is 3.53. The Kier molecular flexibility index (Phi) is 8.17. The number of aliphatic hydroxyl groups excluding tert-OH is 1. The van der Waals surface area contributed by atoms with E-state index in [9.17, 15) is 4.79 Å². The third-order valence-corrected chi connectivity index (χ3v) is 3.53. The number of carbonyl (C=O) groups excluding carboxylic acids is 1. The summed E-state index contributed by atoms with van der Waals surface area (Å²) in [7, 11) is 1.75. The molecule has 0 saturated carbocycles. The van der Waals surface area contributed by atoms with E-state index in [2.05, 4.69) is 13.8 Å². The Morgan fingerprint density at radius 3 is 2.29 bits per heavy atom. The molecule has 0 aromatic rings. The van der Waals surface area contributed by atoms with Crippen molar-refractivity contribution in [3.8, 4) is 0 Å². The minimum absolute atomic E-state index is 0.0125. The summed E-state index contributed by atoms with van der Waals surface area (Å²) >= 11 is 0. The van der Waals surface area contributed by atoms with Crippen molar-refractivity contribution >= 4 is 5.91 Å². The molecule has 0 heterocycles. The van der Waals surface area contributed by atoms with Crippen LogP contribution in [0.25, 0.3) is 0 Å². The summed E-state index contributed by atoms with van der Waals surface area (Å²) in [6.07, 6.45) is 2.41. The molecule has 0 aliphatic heterocycles. The molecular formula is C13H28N2O2. The Morgan fingerprint density at radius 2 is 1.88 bits per heavy atom. The zero-order chi connectivity index (χ0) is 13.4. The molecule has 3 N–H and O–H groups in total. The zero-order valence-corrected chi connectivity index (χ0v) is 11.6. The average Bonchev–Trinajstić information content (AvgIpc) is 2.31. The van der Waals surface area contributed by atoms with E-state index >= 15 is 0 Å². The number of hydrogen-bond acceptors (Lipinski definition) is 3. The summed E-state index contributed by atoms with van der Waals surface area (Å²) in [5.41, 5.74) is 5.57. The van der Waals surface area contributed by atoms with Gasteiger partial charge in [-0.3, -0.25) is 4.79 Å². The smallest absolute Gasteiger partial charge is 0.222 e. The van der Waals surface area contributed by atoms with E-state index in [0.29, 0.717) is 24.8 Å². The van der Waals surface area contributed by atoms with Crippen LogP contribution in [0, 0.1) is 11.8 Å². The van der Waals surface area contributed by atoms with E-state index in [1.807, 2.05) is 6.92 Å². The van der Waals surface area contributed by atoms with Crippen molar-refractivity contribution in [2.75, 3.05) is 20.2 Å². The number of carbonyl (C=O) groups is 1. The van der Waals surface area contributed by atoms with Crippen LogP contribution in [0.1, 0.15) is 40.0 Å². The second-order valence-corrected chi connectivity index (χ2v) is 5.16. The van der Waals surface area contributed by atoms with Gasteiger partial charge in [0.1, 0.15) is 0 Å². The maximum Gasteiger partial charge on any atom is 0.222 e. The molecule has 102 valence electrons. The molecule has 0 radical (unpaired) electrons. The van der Waals surface area contributed by atoms with Gasteiger partial charge in [0.2, 0.25) is 5.91 Å². The fourth-order valence-corrected chi connectivity index (χ4v) is 1.88. The molecule has 0 rings (SSSR count). The lowest BCUT2D eigenvalue weighted by Gasteiger charge is -2.25. The largest absolute Gasteiger partial charge is 0.394 e. The van der Waals surface area contributed by atoms with Gasteiger partial charge in [-0.1, -0.05) is 13.8 Å². The Bertz CT molecular complexity index is 219. The minimum atomic E-state index is -0.102. The summed E-state index contributed by atoms with van der Waals surface area (Å²) in [4.78, 5) is 13.5. The fraction of sp³-hybridized carbons (Fsp3) is 0.923. The molecule has 0 aliphatic rings. The van der Waals surface area contributed by atoms with Crippen LogP contribution in [-0.4, -0.2) is 42.2 Å². The van der Waals surface area contributed by atoms with Crippen molar-refractivity contribution < 1.29 is 9.90 Å². The highest BCUT2D eigenvalue weighted by molar-refractivity contribution is 5.76. The van der Waals surface area contributed by atoms with E-state index in [-0.39, 0.29) is 18.6 Å². The topological polar surface area (TPSA) is 66.6 Å². The van der Waals surface area contributed by atoms with Crippen LogP contribution in [-0.2, 0) is 4.79 Å². The molecular weight excluding hydrogens is 216 g/mol. The molecule has 0 saturated heterocycles. The van der Waals surface area contributed by atoms with E-state index in [0.717, 1.165) is 12.8 Å². The first-order valence-corrected chi connectivity index (χ1v) is 6.50. The molecule has 0 aliphatic carbocycles. The molecule has 0 fully saturated rings. The maximum atomic E-state index is 11.9. The van der Waals surface area contributed by atoms with Crippen LogP contribution >= 0.6 is 0 Å². The first-order valence-electron chi connectivity index (χ1n) is 6.50. The summed E-state index contributed by atoms with van der Waals surface area (Å²) < 4.78 is 0. The van der Waals surface area contributed by atoms with E-state index < -0.39 is 0 Å². The van der Waals surface area contributed by atoms with Gasteiger partial charge in [-0.15, -0.1) is 0 Å². The highest BCUT2D eigenvalue weighted by Gasteiger charge is 2.18. The number of rotatable bonds is 8. The number of amides is 1. The highest BCUT2D eigenvalue weighted by Crippen LogP contribution is 2.20. The molecule has 1 amide bonds. The zero-order valence-electron chi connectivity index (χ0n) is 11.6.